The van der Waals surface area contributed by atoms with Crippen LogP contribution in [0.5, 0.6) is 0 Å². The van der Waals surface area contributed by atoms with E-state index in [1.807, 2.05) is 25.1 Å². The molecule has 0 aromatic heterocycles. The lowest BCUT2D eigenvalue weighted by molar-refractivity contribution is -0.141. The van der Waals surface area contributed by atoms with Gasteiger partial charge in [0.05, 0.1) is 18.6 Å². The number of ether oxygens (including phenoxy) is 1. The van der Waals surface area contributed by atoms with Crippen LogP contribution < -0.4 is 0 Å². The van der Waals surface area contributed by atoms with E-state index in [0.717, 1.165) is 12.0 Å². The molecule has 1 aromatic rings. The van der Waals surface area contributed by atoms with E-state index in [9.17, 15) is 4.79 Å². The van der Waals surface area contributed by atoms with Gasteiger partial charge < -0.3 is 9.84 Å². The topological polar surface area (TPSA) is 46.5 Å². The molecule has 0 bridgehead atoms. The van der Waals surface area contributed by atoms with Crippen molar-refractivity contribution in [1.82, 2.24) is 0 Å². The van der Waals surface area contributed by atoms with Crippen LogP contribution in [0, 0.1) is 11.8 Å². The van der Waals surface area contributed by atoms with Gasteiger partial charge in [0.2, 0.25) is 0 Å². The molecular formula is C19H28O3. The quantitative estimate of drug-likeness (QED) is 0.674. The van der Waals surface area contributed by atoms with Crippen molar-refractivity contribution in [3.8, 4) is 0 Å². The van der Waals surface area contributed by atoms with Crippen LogP contribution in [-0.4, -0.2) is 17.2 Å². The van der Waals surface area contributed by atoms with Crippen LogP contribution in [0.25, 0.3) is 0 Å². The van der Waals surface area contributed by atoms with Gasteiger partial charge in [0.1, 0.15) is 0 Å². The number of carboxylic acid groups (broad SMARTS) is 1. The van der Waals surface area contributed by atoms with Gasteiger partial charge in [-0.15, -0.1) is 0 Å². The summed E-state index contributed by atoms with van der Waals surface area (Å²) in [5.74, 6) is -0.679. The van der Waals surface area contributed by atoms with E-state index in [-0.39, 0.29) is 12.0 Å². The van der Waals surface area contributed by atoms with Gasteiger partial charge in [-0.25, -0.2) is 0 Å². The van der Waals surface area contributed by atoms with E-state index in [1.165, 1.54) is 5.56 Å². The normalized spacial score (nSPS) is 16.1. The van der Waals surface area contributed by atoms with Crippen LogP contribution in [0.1, 0.15) is 46.1 Å². The van der Waals surface area contributed by atoms with Gasteiger partial charge in [-0.2, -0.15) is 0 Å². The lowest BCUT2D eigenvalue weighted by Crippen LogP contribution is -2.13. The minimum Gasteiger partial charge on any atom is -0.481 e. The van der Waals surface area contributed by atoms with E-state index in [2.05, 4.69) is 32.1 Å². The summed E-state index contributed by atoms with van der Waals surface area (Å²) >= 11 is 0. The Morgan fingerprint density at radius 2 is 1.86 bits per heavy atom. The number of aliphatic carboxylic acids is 1. The van der Waals surface area contributed by atoms with Crippen LogP contribution in [-0.2, 0) is 16.1 Å². The summed E-state index contributed by atoms with van der Waals surface area (Å²) in [6.45, 7) is 8.62. The third kappa shape index (κ3) is 7.41. The minimum absolute atomic E-state index is 0.177. The predicted octanol–water partition coefficient (Wildman–Crippen LogP) is 4.68. The molecular weight excluding hydrogens is 276 g/mol. The first-order valence-corrected chi connectivity index (χ1v) is 7.94. The van der Waals surface area contributed by atoms with Crippen LogP contribution in [0.15, 0.2) is 42.0 Å². The second kappa shape index (κ2) is 9.42. The summed E-state index contributed by atoms with van der Waals surface area (Å²) in [5, 5.41) is 8.94. The number of hydrogen-bond acceptors (Lipinski definition) is 2. The Kier molecular flexibility index (Phi) is 7.89. The molecule has 1 rings (SSSR count). The molecule has 0 fully saturated rings. The van der Waals surface area contributed by atoms with Crippen LogP contribution in [0.2, 0.25) is 0 Å². The van der Waals surface area contributed by atoms with E-state index in [4.69, 9.17) is 9.84 Å². The van der Waals surface area contributed by atoms with E-state index in [1.54, 1.807) is 6.92 Å². The molecule has 1 aromatic carbocycles. The second-order valence-corrected chi connectivity index (χ2v) is 6.28. The fourth-order valence-electron chi connectivity index (χ4n) is 2.60. The third-order valence-electron chi connectivity index (χ3n) is 3.70. The van der Waals surface area contributed by atoms with Gasteiger partial charge in [0.25, 0.3) is 0 Å². The van der Waals surface area contributed by atoms with E-state index >= 15 is 0 Å². The average Bonchev–Trinajstić information content (AvgIpc) is 2.45. The molecule has 0 spiro atoms. The molecule has 3 atom stereocenters. The Bertz CT molecular complexity index is 479. The Labute approximate surface area is 134 Å². The standard InChI is InChI=1S/C19H28O3/c1-14(11-16(3)19(20)21)10-15(2)12-17(4)22-13-18-8-6-5-7-9-18/h5-10,15-17H,11-13H2,1-4H3,(H,20,21)/b14-10+/t15-,16-,17-/m0/s1. The minimum atomic E-state index is -0.736. The number of carboxylic acids is 1. The van der Waals surface area contributed by atoms with Crippen molar-refractivity contribution in [3.05, 3.63) is 47.5 Å². The highest BCUT2D eigenvalue weighted by Crippen LogP contribution is 2.18. The summed E-state index contributed by atoms with van der Waals surface area (Å²) in [5.41, 5.74) is 2.32. The maximum Gasteiger partial charge on any atom is 0.306 e. The first-order chi connectivity index (χ1) is 10.4. The Morgan fingerprint density at radius 3 is 2.45 bits per heavy atom. The molecule has 0 heterocycles. The molecule has 3 heteroatoms. The molecule has 0 saturated carbocycles. The van der Waals surface area contributed by atoms with Gasteiger partial charge in [0.15, 0.2) is 0 Å². The lowest BCUT2D eigenvalue weighted by atomic mass is 9.96. The Balaban J connectivity index is 2.36. The zero-order chi connectivity index (χ0) is 16.5. The second-order valence-electron chi connectivity index (χ2n) is 6.28. The number of carbonyl (C=O) groups is 1. The molecule has 3 nitrogen and oxygen atoms in total. The van der Waals surface area contributed by atoms with Crippen LogP contribution in [0.4, 0.5) is 0 Å². The summed E-state index contributed by atoms with van der Waals surface area (Å²) in [7, 11) is 0. The van der Waals surface area contributed by atoms with Crippen molar-refractivity contribution < 1.29 is 14.6 Å². The first kappa shape index (κ1) is 18.4. The van der Waals surface area contributed by atoms with Crippen molar-refractivity contribution in [2.45, 2.75) is 53.2 Å². The van der Waals surface area contributed by atoms with Crippen molar-refractivity contribution in [1.29, 1.82) is 0 Å². The Morgan fingerprint density at radius 1 is 1.23 bits per heavy atom. The van der Waals surface area contributed by atoms with E-state index < -0.39 is 5.97 Å². The summed E-state index contributed by atoms with van der Waals surface area (Å²) < 4.78 is 5.88. The van der Waals surface area contributed by atoms with Crippen LogP contribution in [0.3, 0.4) is 0 Å². The fourth-order valence-corrected chi connectivity index (χ4v) is 2.60. The molecule has 122 valence electrons. The molecule has 0 unspecified atom stereocenters. The van der Waals surface area contributed by atoms with Gasteiger partial charge in [-0.1, -0.05) is 55.8 Å². The largest absolute Gasteiger partial charge is 0.481 e. The van der Waals surface area contributed by atoms with E-state index in [0.29, 0.717) is 18.9 Å². The first-order valence-electron chi connectivity index (χ1n) is 7.94. The summed E-state index contributed by atoms with van der Waals surface area (Å²) in [4.78, 5) is 10.9. The Hall–Kier alpha value is -1.61. The number of hydrogen-bond donors (Lipinski definition) is 1. The van der Waals surface area contributed by atoms with Crippen molar-refractivity contribution >= 4 is 5.97 Å². The maximum absolute atomic E-state index is 10.9. The lowest BCUT2D eigenvalue weighted by Gasteiger charge is -2.17. The SMILES string of the molecule is C/C(=C\[C@H](C)C[C@H](C)OCc1ccccc1)C[C@H](C)C(=O)O. The number of rotatable bonds is 9. The molecule has 1 N–H and O–H groups in total. The molecule has 0 aliphatic rings. The van der Waals surface area contributed by atoms with Gasteiger partial charge in [-0.3, -0.25) is 4.79 Å². The molecule has 0 aliphatic heterocycles. The average molecular weight is 304 g/mol. The van der Waals surface area contributed by atoms with Gasteiger partial charge in [0, 0.05) is 0 Å². The molecule has 0 aliphatic carbocycles. The van der Waals surface area contributed by atoms with Crippen molar-refractivity contribution in [3.63, 3.8) is 0 Å². The van der Waals surface area contributed by atoms with Crippen molar-refractivity contribution in [2.24, 2.45) is 11.8 Å². The smallest absolute Gasteiger partial charge is 0.306 e. The monoisotopic (exact) mass is 304 g/mol. The fraction of sp³-hybridized carbons (Fsp3) is 0.526. The number of benzene rings is 1. The zero-order valence-electron chi connectivity index (χ0n) is 14.1. The van der Waals surface area contributed by atoms with Gasteiger partial charge in [-0.05, 0) is 38.2 Å². The highest BCUT2D eigenvalue weighted by molar-refractivity contribution is 5.69. The van der Waals surface area contributed by atoms with Gasteiger partial charge >= 0.3 is 5.97 Å². The third-order valence-corrected chi connectivity index (χ3v) is 3.70. The molecule has 22 heavy (non-hydrogen) atoms. The predicted molar refractivity (Wildman–Crippen MR) is 89.6 cm³/mol. The number of allylic oxidation sites excluding steroid dienone is 2. The van der Waals surface area contributed by atoms with Crippen molar-refractivity contribution in [2.75, 3.05) is 0 Å². The molecule has 0 amide bonds. The summed E-state index contributed by atoms with van der Waals surface area (Å²) in [6.07, 6.45) is 3.89. The molecule has 0 saturated heterocycles. The zero-order valence-corrected chi connectivity index (χ0v) is 14.1. The summed E-state index contributed by atoms with van der Waals surface area (Å²) in [6, 6.07) is 10.2. The highest BCUT2D eigenvalue weighted by atomic mass is 16.5. The highest BCUT2D eigenvalue weighted by Gasteiger charge is 2.13. The van der Waals surface area contributed by atoms with Crippen LogP contribution >= 0.6 is 0 Å². The molecule has 0 radical (unpaired) electrons. The maximum atomic E-state index is 10.9.